The topological polar surface area (TPSA) is 46.5 Å². The normalized spacial score (nSPS) is 12.1. The molecule has 1 N–H and O–H groups in total. The molecule has 0 unspecified atom stereocenters. The minimum Gasteiger partial charge on any atom is -0.478 e. The van der Waals surface area contributed by atoms with Crippen molar-refractivity contribution in [3.8, 4) is 0 Å². The predicted octanol–water partition coefficient (Wildman–Crippen LogP) is 4.88. The van der Waals surface area contributed by atoms with Crippen LogP contribution in [0.15, 0.2) is 66.7 Å². The van der Waals surface area contributed by atoms with Crippen molar-refractivity contribution in [1.29, 1.82) is 0 Å². The second-order valence-corrected chi connectivity index (χ2v) is 12.6. The van der Waals surface area contributed by atoms with Crippen molar-refractivity contribution in [2.75, 3.05) is 0 Å². The van der Waals surface area contributed by atoms with Gasteiger partial charge in [-0.2, -0.15) is 0 Å². The summed E-state index contributed by atoms with van der Waals surface area (Å²) in [4.78, 5) is 11.3. The maximum absolute atomic E-state index is 14.5. The van der Waals surface area contributed by atoms with E-state index in [0.717, 1.165) is 16.4 Å². The van der Waals surface area contributed by atoms with Crippen LogP contribution in [-0.2, 0) is 11.0 Å². The highest BCUT2D eigenvalue weighted by molar-refractivity contribution is 6.99. The lowest BCUT2D eigenvalue weighted by Gasteiger charge is -2.43. The van der Waals surface area contributed by atoms with E-state index in [0.29, 0.717) is 0 Å². The molecule has 0 fully saturated rings. The molecule has 31 heavy (non-hydrogen) atoms. The van der Waals surface area contributed by atoms with Crippen LogP contribution in [0.4, 0.5) is 13.2 Å². The van der Waals surface area contributed by atoms with Crippen LogP contribution >= 0.6 is 0 Å². The van der Waals surface area contributed by atoms with Gasteiger partial charge in [0.25, 0.3) is 8.32 Å². The number of hydrogen-bond donors (Lipinski definition) is 1. The molecule has 3 rings (SSSR count). The number of hydrogen-bond acceptors (Lipinski definition) is 2. The minimum absolute atomic E-state index is 0.343. The first-order chi connectivity index (χ1) is 14.6. The third kappa shape index (κ3) is 4.15. The Labute approximate surface area is 180 Å². The van der Waals surface area contributed by atoms with Gasteiger partial charge >= 0.3 is 5.97 Å². The van der Waals surface area contributed by atoms with Crippen LogP contribution in [0.3, 0.4) is 0 Å². The summed E-state index contributed by atoms with van der Waals surface area (Å²) in [5.41, 5.74) is -1.27. The van der Waals surface area contributed by atoms with Gasteiger partial charge in [0.2, 0.25) is 0 Å². The van der Waals surface area contributed by atoms with Crippen molar-refractivity contribution in [2.45, 2.75) is 32.4 Å². The fourth-order valence-corrected chi connectivity index (χ4v) is 8.39. The number of aromatic carboxylic acids is 1. The lowest BCUT2D eigenvalue weighted by Crippen LogP contribution is -2.66. The summed E-state index contributed by atoms with van der Waals surface area (Å²) in [6, 6.07) is 19.9. The first-order valence-electron chi connectivity index (χ1n) is 9.74. The third-order valence-corrected chi connectivity index (χ3v) is 10.3. The fourth-order valence-electron chi connectivity index (χ4n) is 3.86. The van der Waals surface area contributed by atoms with Crippen LogP contribution in [-0.4, -0.2) is 19.4 Å². The van der Waals surface area contributed by atoms with E-state index in [1.807, 2.05) is 81.4 Å². The molecule has 0 aromatic heterocycles. The van der Waals surface area contributed by atoms with E-state index >= 15 is 0 Å². The molecule has 0 saturated carbocycles. The van der Waals surface area contributed by atoms with Crippen molar-refractivity contribution < 1.29 is 27.5 Å². The molecule has 0 aliphatic carbocycles. The first-order valence-corrected chi connectivity index (χ1v) is 11.6. The fraction of sp³-hybridized carbons (Fsp3) is 0.208. The summed E-state index contributed by atoms with van der Waals surface area (Å²) in [7, 11) is -3.06. The Balaban J connectivity index is 2.17. The second kappa shape index (κ2) is 8.68. The lowest BCUT2D eigenvalue weighted by atomic mass is 10.1. The van der Waals surface area contributed by atoms with Crippen molar-refractivity contribution in [1.82, 2.24) is 0 Å². The number of rotatable bonds is 6. The van der Waals surface area contributed by atoms with E-state index in [-0.39, 0.29) is 5.56 Å². The van der Waals surface area contributed by atoms with E-state index in [9.17, 15) is 18.0 Å². The van der Waals surface area contributed by atoms with Gasteiger partial charge in [0, 0.05) is 5.56 Å². The van der Waals surface area contributed by atoms with Crippen LogP contribution in [0.1, 0.15) is 36.7 Å². The molecule has 0 aliphatic heterocycles. The highest BCUT2D eigenvalue weighted by Crippen LogP contribution is 2.37. The zero-order valence-corrected chi connectivity index (χ0v) is 18.5. The number of carboxylic acid groups (broad SMARTS) is 1. The largest absolute Gasteiger partial charge is 0.478 e. The first kappa shape index (κ1) is 22.8. The van der Waals surface area contributed by atoms with Crippen molar-refractivity contribution in [2.24, 2.45) is 0 Å². The van der Waals surface area contributed by atoms with Gasteiger partial charge in [-0.3, -0.25) is 0 Å². The number of carboxylic acids is 1. The predicted molar refractivity (Wildman–Crippen MR) is 116 cm³/mol. The number of benzene rings is 3. The Bertz CT molecular complexity index is 1040. The molecule has 0 aliphatic rings. The Hall–Kier alpha value is -2.90. The Morgan fingerprint density at radius 1 is 0.871 bits per heavy atom. The van der Waals surface area contributed by atoms with Gasteiger partial charge in [0.05, 0.1) is 12.2 Å². The molecule has 162 valence electrons. The van der Waals surface area contributed by atoms with Gasteiger partial charge in [0.1, 0.15) is 0 Å². The Morgan fingerprint density at radius 2 is 1.35 bits per heavy atom. The summed E-state index contributed by atoms with van der Waals surface area (Å²) in [6.45, 7) is 5.65. The Kier molecular flexibility index (Phi) is 6.38. The molecule has 0 radical (unpaired) electrons. The maximum atomic E-state index is 14.5. The molecule has 7 heteroatoms. The molecular formula is C24H23F3O3Si. The molecular weight excluding hydrogens is 421 g/mol. The average Bonchev–Trinajstić information content (AvgIpc) is 2.74. The van der Waals surface area contributed by atoms with E-state index in [1.165, 1.54) is 0 Å². The summed E-state index contributed by atoms with van der Waals surface area (Å²) >= 11 is 0. The third-order valence-electron chi connectivity index (χ3n) is 5.31. The van der Waals surface area contributed by atoms with Gasteiger partial charge in [-0.25, -0.2) is 18.0 Å². The molecule has 0 bridgehead atoms. The van der Waals surface area contributed by atoms with Crippen molar-refractivity contribution >= 4 is 24.7 Å². The smallest absolute Gasteiger partial charge is 0.338 e. The summed E-state index contributed by atoms with van der Waals surface area (Å²) in [6.07, 6.45) is 0. The van der Waals surface area contributed by atoms with Gasteiger partial charge in [-0.05, 0) is 21.5 Å². The summed E-state index contributed by atoms with van der Waals surface area (Å²) in [5, 5.41) is 10.6. The highest BCUT2D eigenvalue weighted by atomic mass is 28.4. The molecule has 3 aromatic carbocycles. The highest BCUT2D eigenvalue weighted by Gasteiger charge is 2.50. The molecule has 3 aromatic rings. The monoisotopic (exact) mass is 444 g/mol. The van der Waals surface area contributed by atoms with Crippen LogP contribution in [0.5, 0.6) is 0 Å². The number of carbonyl (C=O) groups is 1. The Morgan fingerprint density at radius 3 is 1.77 bits per heavy atom. The zero-order chi connectivity index (χ0) is 22.8. The summed E-state index contributed by atoms with van der Waals surface area (Å²) < 4.78 is 48.9. The SMILES string of the molecule is CC(C)(C)[Si](OCc1cc(C(=O)O)c(F)c(F)c1F)(c1ccccc1)c1ccccc1. The van der Waals surface area contributed by atoms with E-state index in [2.05, 4.69) is 0 Å². The van der Waals surface area contributed by atoms with E-state index in [1.54, 1.807) is 0 Å². The van der Waals surface area contributed by atoms with E-state index in [4.69, 9.17) is 9.53 Å². The minimum atomic E-state index is -3.06. The molecule has 0 heterocycles. The molecule has 0 spiro atoms. The molecule has 0 amide bonds. The number of halogens is 3. The molecule has 3 nitrogen and oxygen atoms in total. The quantitative estimate of drug-likeness (QED) is 0.436. The maximum Gasteiger partial charge on any atom is 0.338 e. The van der Waals surface area contributed by atoms with Crippen LogP contribution < -0.4 is 10.4 Å². The van der Waals surface area contributed by atoms with Gasteiger partial charge in [-0.15, -0.1) is 0 Å². The molecule has 0 saturated heterocycles. The van der Waals surface area contributed by atoms with E-state index < -0.39 is 48.9 Å². The van der Waals surface area contributed by atoms with Crippen LogP contribution in [0.2, 0.25) is 5.04 Å². The van der Waals surface area contributed by atoms with Crippen molar-refractivity contribution in [3.63, 3.8) is 0 Å². The van der Waals surface area contributed by atoms with Crippen LogP contribution in [0, 0.1) is 17.5 Å². The standard InChI is InChI=1S/C24H23F3O3Si/c1-24(2,3)31(17-10-6-4-7-11-17,18-12-8-5-9-13-18)30-15-16-14-19(23(28)29)21(26)22(27)20(16)25/h4-14H,15H2,1-3H3,(H,28,29). The lowest BCUT2D eigenvalue weighted by molar-refractivity contribution is 0.0690. The zero-order valence-electron chi connectivity index (χ0n) is 17.5. The molecule has 0 atom stereocenters. The van der Waals surface area contributed by atoms with Crippen LogP contribution in [0.25, 0.3) is 0 Å². The second-order valence-electron chi connectivity index (χ2n) is 8.28. The van der Waals surface area contributed by atoms with Gasteiger partial charge < -0.3 is 9.53 Å². The van der Waals surface area contributed by atoms with Gasteiger partial charge in [0.15, 0.2) is 17.5 Å². The van der Waals surface area contributed by atoms with Gasteiger partial charge in [-0.1, -0.05) is 81.4 Å². The summed E-state index contributed by atoms with van der Waals surface area (Å²) in [5.74, 6) is -6.66. The average molecular weight is 445 g/mol. The van der Waals surface area contributed by atoms with Crippen molar-refractivity contribution in [3.05, 3.63) is 95.3 Å².